The minimum absolute atomic E-state index is 0.0178. The number of phosphoric acid groups is 1. The fourth-order valence-electron chi connectivity index (χ4n) is 2.25. The Morgan fingerprint density at radius 1 is 0.903 bits per heavy atom. The fraction of sp³-hybridized carbons (Fsp3) is 0.857. The first kappa shape index (κ1) is 29.7. The lowest BCUT2D eigenvalue weighted by atomic mass is 9.85. The largest absolute Gasteiger partial charge is 0.478 e. The Kier molecular flexibility index (Phi) is 11.1. The third-order valence-electron chi connectivity index (χ3n) is 3.77. The number of carbonyl (C=O) groups is 3. The van der Waals surface area contributed by atoms with Gasteiger partial charge in [-0.15, -0.1) is 0 Å². The van der Waals surface area contributed by atoms with Crippen molar-refractivity contribution >= 4 is 25.5 Å². The summed E-state index contributed by atoms with van der Waals surface area (Å²) in [6, 6.07) is 0. The van der Waals surface area contributed by atoms with Gasteiger partial charge in [0.2, 0.25) is 6.79 Å². The highest BCUT2D eigenvalue weighted by Gasteiger charge is 2.40. The van der Waals surface area contributed by atoms with Crippen molar-refractivity contribution in [2.75, 3.05) is 13.9 Å². The van der Waals surface area contributed by atoms with Crippen molar-refractivity contribution in [2.45, 2.75) is 93.3 Å². The quantitative estimate of drug-likeness (QED) is 0.240. The van der Waals surface area contributed by atoms with Crippen LogP contribution in [0.2, 0.25) is 0 Å². The first-order valence-electron chi connectivity index (χ1n) is 10.2. The first-order valence-corrected chi connectivity index (χ1v) is 11.7. The van der Waals surface area contributed by atoms with Crippen molar-refractivity contribution in [3.05, 3.63) is 0 Å². The van der Waals surface area contributed by atoms with Crippen molar-refractivity contribution in [2.24, 2.45) is 10.8 Å². The lowest BCUT2D eigenvalue weighted by molar-refractivity contribution is -0.161. The maximum Gasteiger partial charge on any atom is 0.478 e. The van der Waals surface area contributed by atoms with Gasteiger partial charge in [0.05, 0.1) is 5.41 Å². The Hall–Kier alpha value is -1.28. The van der Waals surface area contributed by atoms with E-state index in [0.717, 1.165) is 7.11 Å². The van der Waals surface area contributed by atoms with Gasteiger partial charge in [-0.3, -0.25) is 23.4 Å². The smallest absolute Gasteiger partial charge is 0.460 e. The number of phosphoric ester groups is 1. The zero-order valence-electron chi connectivity index (χ0n) is 20.5. The molecule has 9 nitrogen and oxygen atoms in total. The van der Waals surface area contributed by atoms with E-state index in [0.29, 0.717) is 0 Å². The highest BCUT2D eigenvalue weighted by Crippen LogP contribution is 2.52. The number of carbonyl (C=O) groups excluding carboxylic acids is 3. The molecular weight excluding hydrogens is 427 g/mol. The SMILES string of the molecule is COP(=O)(OCOC(=O)C(C)(C)C)O[C@@H](C(=O)CCCC(=O)OC(C)(C)C)C(C)(C)C. The molecule has 0 saturated carbocycles. The van der Waals surface area contributed by atoms with Gasteiger partial charge in [0.25, 0.3) is 0 Å². The first-order chi connectivity index (χ1) is 13.8. The van der Waals surface area contributed by atoms with Gasteiger partial charge in [-0.1, -0.05) is 20.8 Å². The molecule has 0 bridgehead atoms. The van der Waals surface area contributed by atoms with Crippen LogP contribution in [0, 0.1) is 10.8 Å². The van der Waals surface area contributed by atoms with E-state index in [1.54, 1.807) is 62.3 Å². The van der Waals surface area contributed by atoms with Crippen molar-refractivity contribution < 1.29 is 42.0 Å². The van der Waals surface area contributed by atoms with E-state index in [2.05, 4.69) is 0 Å². The van der Waals surface area contributed by atoms with Gasteiger partial charge in [0.15, 0.2) is 5.78 Å². The molecule has 0 aliphatic carbocycles. The second-order valence-corrected chi connectivity index (χ2v) is 12.0. The third-order valence-corrected chi connectivity index (χ3v) is 5.11. The number of hydrogen-bond acceptors (Lipinski definition) is 9. The molecule has 0 aromatic carbocycles. The molecule has 0 aliphatic rings. The molecule has 0 aromatic rings. The van der Waals surface area contributed by atoms with Crippen LogP contribution in [0.3, 0.4) is 0 Å². The van der Waals surface area contributed by atoms with Crippen molar-refractivity contribution in [1.29, 1.82) is 0 Å². The lowest BCUT2D eigenvalue weighted by Crippen LogP contribution is -2.37. The standard InChI is InChI=1S/C21H39O9P/c1-19(2,3)17(15(22)12-11-13-16(23)29-21(7,8)9)30-31(25,26-10)28-14-27-18(24)20(4,5)6/h17H,11-14H2,1-10H3/t17-,31?/m0/s1. The van der Waals surface area contributed by atoms with Crippen LogP contribution in [0.1, 0.15) is 81.6 Å². The van der Waals surface area contributed by atoms with Crippen LogP contribution in [0.25, 0.3) is 0 Å². The zero-order valence-corrected chi connectivity index (χ0v) is 21.4. The van der Waals surface area contributed by atoms with Crippen LogP contribution in [-0.2, 0) is 42.0 Å². The summed E-state index contributed by atoms with van der Waals surface area (Å²) >= 11 is 0. The van der Waals surface area contributed by atoms with E-state index < -0.39 is 49.1 Å². The van der Waals surface area contributed by atoms with E-state index in [1.807, 2.05) is 0 Å². The Morgan fingerprint density at radius 3 is 1.87 bits per heavy atom. The molecule has 31 heavy (non-hydrogen) atoms. The second kappa shape index (κ2) is 11.5. The van der Waals surface area contributed by atoms with Gasteiger partial charge in [0.1, 0.15) is 11.7 Å². The van der Waals surface area contributed by atoms with Crippen molar-refractivity contribution in [1.82, 2.24) is 0 Å². The number of ketones is 1. The van der Waals surface area contributed by atoms with Crippen LogP contribution in [0.15, 0.2) is 0 Å². The molecule has 0 N–H and O–H groups in total. The highest BCUT2D eigenvalue weighted by atomic mass is 31.2. The maximum absolute atomic E-state index is 12.8. The number of ether oxygens (including phenoxy) is 2. The van der Waals surface area contributed by atoms with E-state index >= 15 is 0 Å². The highest BCUT2D eigenvalue weighted by molar-refractivity contribution is 7.48. The molecule has 0 spiro atoms. The van der Waals surface area contributed by atoms with Gasteiger partial charge in [-0.05, 0) is 53.4 Å². The molecule has 0 fully saturated rings. The van der Waals surface area contributed by atoms with Crippen molar-refractivity contribution in [3.63, 3.8) is 0 Å². The normalized spacial score (nSPS) is 15.7. The predicted molar refractivity (Wildman–Crippen MR) is 115 cm³/mol. The summed E-state index contributed by atoms with van der Waals surface area (Å²) in [5.74, 6) is -1.32. The van der Waals surface area contributed by atoms with E-state index in [1.165, 1.54) is 0 Å². The summed E-state index contributed by atoms with van der Waals surface area (Å²) in [6.07, 6.45) is -0.786. The van der Waals surface area contributed by atoms with E-state index in [4.69, 9.17) is 23.0 Å². The number of rotatable bonds is 11. The number of Topliss-reactive ketones (excluding diaryl/α,β-unsaturated/α-hetero) is 1. The van der Waals surface area contributed by atoms with Crippen molar-refractivity contribution in [3.8, 4) is 0 Å². The van der Waals surface area contributed by atoms with Gasteiger partial charge < -0.3 is 9.47 Å². The van der Waals surface area contributed by atoms with Crippen LogP contribution in [0.5, 0.6) is 0 Å². The Morgan fingerprint density at radius 2 is 1.45 bits per heavy atom. The van der Waals surface area contributed by atoms with E-state index in [9.17, 15) is 18.9 Å². The maximum atomic E-state index is 12.8. The average molecular weight is 467 g/mol. The molecule has 0 aliphatic heterocycles. The molecule has 10 heteroatoms. The monoisotopic (exact) mass is 466 g/mol. The molecule has 182 valence electrons. The molecule has 1 unspecified atom stereocenters. The summed E-state index contributed by atoms with van der Waals surface area (Å²) in [4.78, 5) is 36.4. The summed E-state index contributed by atoms with van der Waals surface area (Å²) in [6.45, 7) is 14.8. The fourth-order valence-corrected chi connectivity index (χ4v) is 3.37. The van der Waals surface area contributed by atoms with Crippen LogP contribution in [0.4, 0.5) is 0 Å². The predicted octanol–water partition coefficient (Wildman–Crippen LogP) is 4.82. The molecule has 0 rings (SSSR count). The summed E-state index contributed by atoms with van der Waals surface area (Å²) in [7, 11) is -3.07. The molecule has 0 radical (unpaired) electrons. The molecular formula is C21H39O9P. The molecule has 2 atom stereocenters. The molecule has 0 saturated heterocycles. The van der Waals surface area contributed by atoms with Gasteiger partial charge >= 0.3 is 19.8 Å². The average Bonchev–Trinajstić information content (AvgIpc) is 2.56. The van der Waals surface area contributed by atoms with Gasteiger partial charge in [0, 0.05) is 20.0 Å². The molecule has 0 amide bonds. The summed E-state index contributed by atoms with van der Waals surface area (Å²) in [5.41, 5.74) is -2.10. The molecule has 0 heterocycles. The number of hydrogen-bond donors (Lipinski definition) is 0. The summed E-state index contributed by atoms with van der Waals surface area (Å²) < 4.78 is 38.4. The van der Waals surface area contributed by atoms with Crippen LogP contribution in [-0.4, -0.2) is 43.3 Å². The van der Waals surface area contributed by atoms with Crippen LogP contribution < -0.4 is 0 Å². The Balaban J connectivity index is 5.01. The number of esters is 2. The van der Waals surface area contributed by atoms with Crippen LogP contribution >= 0.6 is 7.82 Å². The Bertz CT molecular complexity index is 666. The topological polar surface area (TPSA) is 114 Å². The minimum atomic E-state index is -4.18. The zero-order chi connectivity index (χ0) is 24.7. The third kappa shape index (κ3) is 12.4. The lowest BCUT2D eigenvalue weighted by Gasteiger charge is -2.31. The minimum Gasteiger partial charge on any atom is -0.460 e. The Labute approximate surface area is 186 Å². The van der Waals surface area contributed by atoms with Gasteiger partial charge in [-0.2, -0.15) is 0 Å². The summed E-state index contributed by atoms with van der Waals surface area (Å²) in [5, 5.41) is 0. The van der Waals surface area contributed by atoms with Gasteiger partial charge in [-0.25, -0.2) is 9.09 Å². The van der Waals surface area contributed by atoms with E-state index in [-0.39, 0.29) is 25.0 Å². The second-order valence-electron chi connectivity index (χ2n) is 10.3. The molecule has 0 aromatic heterocycles.